The number of aromatic nitrogens is 1. The average molecular weight is 451 g/mol. The van der Waals surface area contributed by atoms with E-state index in [4.69, 9.17) is 0 Å². The van der Waals surface area contributed by atoms with Gasteiger partial charge in [0, 0.05) is 5.56 Å². The number of H-pyrrole nitrogens is 1. The number of carbonyl (C=O) groups excluding carboxylic acids is 1. The Morgan fingerprint density at radius 2 is 1.64 bits per heavy atom. The number of pyridine rings is 1. The first-order chi connectivity index (χ1) is 15.7. The van der Waals surface area contributed by atoms with Crippen molar-refractivity contribution in [3.05, 3.63) is 124 Å². The molecule has 0 saturated carbocycles. The molecule has 0 spiro atoms. The van der Waals surface area contributed by atoms with E-state index in [-0.39, 0.29) is 0 Å². The monoisotopic (exact) mass is 451 g/mol. The van der Waals surface area contributed by atoms with E-state index in [1.807, 2.05) is 6.07 Å². The molecule has 33 heavy (non-hydrogen) atoms. The summed E-state index contributed by atoms with van der Waals surface area (Å²) in [6.07, 6.45) is -1.43. The van der Waals surface area contributed by atoms with Crippen molar-refractivity contribution in [3.8, 4) is 0 Å². The number of hydrogen-bond acceptors (Lipinski definition) is 3. The maximum absolute atomic E-state index is 12.8. The zero-order valence-corrected chi connectivity index (χ0v) is 17.4. The molecule has 0 aliphatic carbocycles. The third-order valence-electron chi connectivity index (χ3n) is 4.85. The molecule has 1 unspecified atom stereocenters. The minimum atomic E-state index is -4.72. The first-order valence-electron chi connectivity index (χ1n) is 9.80. The normalized spacial score (nSPS) is 12.6. The summed E-state index contributed by atoms with van der Waals surface area (Å²) in [5, 5.41) is 2.75. The summed E-state index contributed by atoms with van der Waals surface area (Å²) >= 11 is 0. The van der Waals surface area contributed by atoms with Gasteiger partial charge >= 0.3 is 6.18 Å². The van der Waals surface area contributed by atoms with Crippen LogP contribution in [0.2, 0.25) is 0 Å². The van der Waals surface area contributed by atoms with Gasteiger partial charge < -0.3 is 10.3 Å². The van der Waals surface area contributed by atoms with E-state index < -0.39 is 34.9 Å². The molecule has 0 saturated heterocycles. The number of aromatic amines is 1. The molecule has 1 atom stereocenters. The molecule has 0 aliphatic rings. The Labute approximate surface area is 188 Å². The summed E-state index contributed by atoms with van der Waals surface area (Å²) < 4.78 is 38.5. The molecule has 2 aromatic carbocycles. The first kappa shape index (κ1) is 23.5. The van der Waals surface area contributed by atoms with Gasteiger partial charge in [0.25, 0.3) is 11.5 Å². The molecular weight excluding hydrogens is 431 g/mol. The predicted molar refractivity (Wildman–Crippen MR) is 122 cm³/mol. The Morgan fingerprint density at radius 1 is 1.00 bits per heavy atom. The van der Waals surface area contributed by atoms with Gasteiger partial charge in [0.2, 0.25) is 0 Å². The second-order valence-electron chi connectivity index (χ2n) is 7.00. The average Bonchev–Trinajstić information content (AvgIpc) is 2.81. The smallest absolute Gasteiger partial charge is 0.341 e. The Kier molecular flexibility index (Phi) is 7.07. The molecule has 3 aromatic rings. The molecule has 8 heteroatoms. The van der Waals surface area contributed by atoms with E-state index >= 15 is 0 Å². The molecule has 0 aliphatic heterocycles. The number of benzene rings is 2. The minimum absolute atomic E-state index is 0.424. The molecule has 168 valence electrons. The summed E-state index contributed by atoms with van der Waals surface area (Å²) in [7, 11) is 0. The van der Waals surface area contributed by atoms with Gasteiger partial charge in [-0.3, -0.25) is 14.6 Å². The van der Waals surface area contributed by atoms with E-state index in [0.717, 1.165) is 17.2 Å². The summed E-state index contributed by atoms with van der Waals surface area (Å²) in [6.45, 7) is 7.18. The van der Waals surface area contributed by atoms with Crippen LogP contribution in [0.1, 0.15) is 38.8 Å². The van der Waals surface area contributed by atoms with Crippen molar-refractivity contribution >= 4 is 18.3 Å². The SMILES string of the molecule is C=C/C=C(\N=C)c1ccc(C(NC(=O)c2ccc(C(F)(F)F)[nH]c2=O)c2ccccc2)cc1. The molecule has 1 amide bonds. The largest absolute Gasteiger partial charge is 0.431 e. The number of alkyl halides is 3. The van der Waals surface area contributed by atoms with Crippen LogP contribution in [0.3, 0.4) is 0 Å². The second-order valence-corrected chi connectivity index (χ2v) is 7.00. The van der Waals surface area contributed by atoms with E-state index in [1.165, 1.54) is 0 Å². The minimum Gasteiger partial charge on any atom is -0.341 e. The van der Waals surface area contributed by atoms with Gasteiger partial charge in [0.1, 0.15) is 11.3 Å². The van der Waals surface area contributed by atoms with Gasteiger partial charge in [-0.05, 0) is 36.1 Å². The number of aliphatic imine (C=N–C) groups is 1. The van der Waals surface area contributed by atoms with E-state index in [2.05, 4.69) is 23.6 Å². The van der Waals surface area contributed by atoms with Gasteiger partial charge in [-0.25, -0.2) is 0 Å². The predicted octanol–water partition coefficient (Wildman–Crippen LogP) is 5.14. The van der Waals surface area contributed by atoms with Crippen LogP contribution in [0.5, 0.6) is 0 Å². The van der Waals surface area contributed by atoms with Crippen molar-refractivity contribution in [2.75, 3.05) is 0 Å². The van der Waals surface area contributed by atoms with Crippen molar-refractivity contribution < 1.29 is 18.0 Å². The maximum Gasteiger partial charge on any atom is 0.431 e. The lowest BCUT2D eigenvalue weighted by atomic mass is 9.96. The van der Waals surface area contributed by atoms with Crippen molar-refractivity contribution in [2.24, 2.45) is 4.99 Å². The Morgan fingerprint density at radius 3 is 2.18 bits per heavy atom. The van der Waals surface area contributed by atoms with Crippen molar-refractivity contribution in [3.63, 3.8) is 0 Å². The van der Waals surface area contributed by atoms with E-state index in [0.29, 0.717) is 17.3 Å². The lowest BCUT2D eigenvalue weighted by Gasteiger charge is -2.20. The summed E-state index contributed by atoms with van der Waals surface area (Å²) in [5.41, 5.74) is 0.0558. The van der Waals surface area contributed by atoms with Gasteiger partial charge in [0.05, 0.1) is 11.7 Å². The highest BCUT2D eigenvalue weighted by atomic mass is 19.4. The third kappa shape index (κ3) is 5.54. The number of rotatable bonds is 7. The van der Waals surface area contributed by atoms with Gasteiger partial charge in [-0.2, -0.15) is 13.2 Å². The Bertz CT molecular complexity index is 1240. The summed E-state index contributed by atoms with van der Waals surface area (Å²) in [6, 6.07) is 17.0. The molecule has 1 heterocycles. The number of nitrogens with zero attached hydrogens (tertiary/aromatic N) is 1. The van der Waals surface area contributed by atoms with Crippen LogP contribution < -0.4 is 10.9 Å². The Hall–Kier alpha value is -4.20. The molecule has 0 bridgehead atoms. The number of nitrogens with one attached hydrogen (secondary N) is 2. The molecule has 3 rings (SSSR count). The number of hydrogen-bond donors (Lipinski definition) is 2. The quantitative estimate of drug-likeness (QED) is 0.386. The van der Waals surface area contributed by atoms with Crippen LogP contribution in [0.25, 0.3) is 5.70 Å². The fourth-order valence-corrected chi connectivity index (χ4v) is 3.23. The lowest BCUT2D eigenvalue weighted by molar-refractivity contribution is -0.141. The second kappa shape index (κ2) is 9.95. The van der Waals surface area contributed by atoms with Crippen LogP contribution in [-0.4, -0.2) is 17.6 Å². The zero-order valence-electron chi connectivity index (χ0n) is 17.4. The standard InChI is InChI=1S/C25H20F3N3O2/c1-3-7-20(29-2)16-10-12-18(13-11-16)22(17-8-5-4-6-9-17)31-24(33)19-14-15-21(25(26,27)28)30-23(19)32/h3-15,22H,1-2H2,(H,30,32)(H,31,33)/b20-7-. The van der Waals surface area contributed by atoms with E-state index in [1.54, 1.807) is 65.7 Å². The van der Waals surface area contributed by atoms with Gasteiger partial charge in [0.15, 0.2) is 0 Å². The fraction of sp³-hybridized carbons (Fsp3) is 0.0800. The number of allylic oxidation sites excluding steroid dienone is 2. The zero-order chi connectivity index (χ0) is 24.0. The molecule has 5 nitrogen and oxygen atoms in total. The van der Waals surface area contributed by atoms with Crippen molar-refractivity contribution in [1.29, 1.82) is 0 Å². The number of halogens is 3. The van der Waals surface area contributed by atoms with Crippen LogP contribution in [0.4, 0.5) is 13.2 Å². The first-order valence-corrected chi connectivity index (χ1v) is 9.80. The van der Waals surface area contributed by atoms with Crippen LogP contribution in [0.15, 0.2) is 95.2 Å². The highest BCUT2D eigenvalue weighted by Gasteiger charge is 2.32. The number of amides is 1. The molecule has 0 radical (unpaired) electrons. The summed E-state index contributed by atoms with van der Waals surface area (Å²) in [4.78, 5) is 30.7. The lowest BCUT2D eigenvalue weighted by Crippen LogP contribution is -2.34. The van der Waals surface area contributed by atoms with Crippen LogP contribution >= 0.6 is 0 Å². The van der Waals surface area contributed by atoms with Crippen molar-refractivity contribution in [2.45, 2.75) is 12.2 Å². The molecular formula is C25H20F3N3O2. The fourth-order valence-electron chi connectivity index (χ4n) is 3.23. The molecule has 2 N–H and O–H groups in total. The Balaban J connectivity index is 1.96. The highest BCUT2D eigenvalue weighted by molar-refractivity contribution is 5.94. The summed E-state index contributed by atoms with van der Waals surface area (Å²) in [5.74, 6) is -0.803. The number of carbonyl (C=O) groups is 1. The molecule has 0 fully saturated rings. The highest BCUT2D eigenvalue weighted by Crippen LogP contribution is 2.27. The van der Waals surface area contributed by atoms with Gasteiger partial charge in [-0.1, -0.05) is 67.3 Å². The van der Waals surface area contributed by atoms with Gasteiger partial charge in [-0.15, -0.1) is 0 Å². The van der Waals surface area contributed by atoms with Crippen molar-refractivity contribution in [1.82, 2.24) is 10.3 Å². The molecule has 1 aromatic heterocycles. The van der Waals surface area contributed by atoms with Crippen LogP contribution in [0, 0.1) is 0 Å². The van der Waals surface area contributed by atoms with E-state index in [9.17, 15) is 22.8 Å². The maximum atomic E-state index is 12.8. The third-order valence-corrected chi connectivity index (χ3v) is 4.85. The van der Waals surface area contributed by atoms with Crippen LogP contribution in [-0.2, 0) is 6.18 Å². The topological polar surface area (TPSA) is 74.3 Å².